The van der Waals surface area contributed by atoms with E-state index in [-0.39, 0.29) is 10.6 Å². The molecule has 0 aliphatic carbocycles. The van der Waals surface area contributed by atoms with Gasteiger partial charge in [-0.05, 0) is 36.4 Å². The van der Waals surface area contributed by atoms with Crippen LogP contribution >= 0.6 is 0 Å². The fourth-order valence-electron chi connectivity index (χ4n) is 1.84. The number of hydrogen-bond acceptors (Lipinski definition) is 3. The van der Waals surface area contributed by atoms with Crippen molar-refractivity contribution in [2.75, 3.05) is 11.3 Å². The number of hydrogen-bond donors (Lipinski definition) is 2. The number of sulfonamides is 1. The lowest BCUT2D eigenvalue weighted by Crippen LogP contribution is -2.15. The van der Waals surface area contributed by atoms with E-state index >= 15 is 0 Å². The minimum atomic E-state index is -3.80. The van der Waals surface area contributed by atoms with Crippen LogP contribution in [0.5, 0.6) is 0 Å². The van der Waals surface area contributed by atoms with Crippen molar-refractivity contribution in [3.8, 4) is 0 Å². The van der Waals surface area contributed by atoms with Crippen LogP contribution in [-0.4, -0.2) is 15.0 Å². The highest BCUT2D eigenvalue weighted by Gasteiger charge is 2.16. The number of rotatable bonds is 6. The molecule has 0 heterocycles. The summed E-state index contributed by atoms with van der Waals surface area (Å²) in [4.78, 5) is 0.112. The summed E-state index contributed by atoms with van der Waals surface area (Å²) >= 11 is 0. The Kier molecular flexibility index (Phi) is 4.93. The molecule has 0 fully saturated rings. The van der Waals surface area contributed by atoms with Crippen LogP contribution in [0.2, 0.25) is 0 Å². The summed E-state index contributed by atoms with van der Waals surface area (Å²) in [6.07, 6.45) is 0. The van der Waals surface area contributed by atoms with Crippen LogP contribution in [0.3, 0.4) is 0 Å². The fraction of sp³-hybridized carbons (Fsp3) is 0.200. The summed E-state index contributed by atoms with van der Waals surface area (Å²) in [5.74, 6) is -0.607. The van der Waals surface area contributed by atoms with E-state index in [1.165, 1.54) is 24.3 Å². The predicted molar refractivity (Wildman–Crippen MR) is 81.0 cm³/mol. The fourth-order valence-corrected chi connectivity index (χ4v) is 2.98. The van der Waals surface area contributed by atoms with Crippen molar-refractivity contribution in [1.82, 2.24) is 5.32 Å². The molecule has 21 heavy (non-hydrogen) atoms. The first-order valence-corrected chi connectivity index (χ1v) is 8.08. The van der Waals surface area contributed by atoms with E-state index in [9.17, 15) is 12.8 Å². The second kappa shape index (κ2) is 6.69. The van der Waals surface area contributed by atoms with Crippen molar-refractivity contribution < 1.29 is 12.8 Å². The Morgan fingerprint density at radius 3 is 2.57 bits per heavy atom. The molecule has 0 bridgehead atoms. The van der Waals surface area contributed by atoms with E-state index in [2.05, 4.69) is 10.0 Å². The zero-order valence-electron chi connectivity index (χ0n) is 11.6. The molecule has 4 nitrogen and oxygen atoms in total. The molecule has 0 unspecified atom stereocenters. The zero-order valence-corrected chi connectivity index (χ0v) is 12.5. The molecule has 2 aromatic carbocycles. The molecule has 0 saturated carbocycles. The maximum Gasteiger partial charge on any atom is 0.261 e. The molecule has 0 aliphatic rings. The van der Waals surface area contributed by atoms with E-state index in [1.807, 2.05) is 13.0 Å². The third kappa shape index (κ3) is 4.03. The monoisotopic (exact) mass is 308 g/mol. The third-order valence-electron chi connectivity index (χ3n) is 2.91. The van der Waals surface area contributed by atoms with E-state index in [4.69, 9.17) is 0 Å². The van der Waals surface area contributed by atoms with Gasteiger partial charge in [0.15, 0.2) is 0 Å². The lowest BCUT2D eigenvalue weighted by molar-refractivity contribution is 0.598. The zero-order chi connectivity index (χ0) is 15.3. The van der Waals surface area contributed by atoms with Gasteiger partial charge in [0.05, 0.1) is 10.6 Å². The van der Waals surface area contributed by atoms with Crippen molar-refractivity contribution in [2.24, 2.45) is 0 Å². The minimum absolute atomic E-state index is 0.0606. The lowest BCUT2D eigenvalue weighted by atomic mass is 10.2. The first-order chi connectivity index (χ1) is 10.0. The molecule has 6 heteroatoms. The average molecular weight is 308 g/mol. The maximum absolute atomic E-state index is 13.5. The molecule has 112 valence electrons. The van der Waals surface area contributed by atoms with Crippen LogP contribution in [0.1, 0.15) is 12.5 Å². The van der Waals surface area contributed by atoms with Gasteiger partial charge in [-0.25, -0.2) is 12.8 Å². The van der Waals surface area contributed by atoms with Crippen LogP contribution in [-0.2, 0) is 16.6 Å². The summed E-state index contributed by atoms with van der Waals surface area (Å²) < 4.78 is 40.4. The Bertz CT molecular complexity index is 717. The van der Waals surface area contributed by atoms with E-state index in [0.717, 1.165) is 12.1 Å². The second-order valence-corrected chi connectivity index (χ2v) is 6.20. The first kappa shape index (κ1) is 15.5. The van der Waals surface area contributed by atoms with Crippen LogP contribution < -0.4 is 10.0 Å². The Hall–Kier alpha value is -1.92. The van der Waals surface area contributed by atoms with Crippen LogP contribution in [0.25, 0.3) is 0 Å². The molecule has 0 saturated heterocycles. The van der Waals surface area contributed by atoms with Gasteiger partial charge in [-0.2, -0.15) is 0 Å². The first-order valence-electron chi connectivity index (χ1n) is 6.60. The normalized spacial score (nSPS) is 11.3. The molecular weight excluding hydrogens is 291 g/mol. The summed E-state index contributed by atoms with van der Waals surface area (Å²) in [5, 5.41) is 3.13. The molecule has 0 atom stereocenters. The molecule has 0 amide bonds. The Balaban J connectivity index is 2.25. The lowest BCUT2D eigenvalue weighted by Gasteiger charge is -2.10. The number of anilines is 1. The van der Waals surface area contributed by atoms with Crippen molar-refractivity contribution in [2.45, 2.75) is 18.4 Å². The van der Waals surface area contributed by atoms with E-state index < -0.39 is 15.8 Å². The SMILES string of the molecule is CCNCc1cccc(S(=O)(=O)Nc2ccccc2F)c1. The molecule has 2 rings (SSSR count). The van der Waals surface area contributed by atoms with Crippen molar-refractivity contribution in [1.29, 1.82) is 0 Å². The third-order valence-corrected chi connectivity index (χ3v) is 4.27. The van der Waals surface area contributed by atoms with Gasteiger partial charge in [-0.1, -0.05) is 31.2 Å². The molecule has 0 aromatic heterocycles. The van der Waals surface area contributed by atoms with Gasteiger partial charge >= 0.3 is 0 Å². The second-order valence-electron chi connectivity index (χ2n) is 4.51. The highest BCUT2D eigenvalue weighted by molar-refractivity contribution is 7.92. The summed E-state index contributed by atoms with van der Waals surface area (Å²) in [7, 11) is -3.80. The maximum atomic E-state index is 13.5. The molecule has 0 aliphatic heterocycles. The summed E-state index contributed by atoms with van der Waals surface area (Å²) in [6.45, 7) is 3.35. The highest BCUT2D eigenvalue weighted by atomic mass is 32.2. The Morgan fingerprint density at radius 2 is 1.86 bits per heavy atom. The number of benzene rings is 2. The molecule has 0 radical (unpaired) electrons. The van der Waals surface area contributed by atoms with Gasteiger partial charge < -0.3 is 5.32 Å². The van der Waals surface area contributed by atoms with Crippen molar-refractivity contribution >= 4 is 15.7 Å². The Morgan fingerprint density at radius 1 is 1.10 bits per heavy atom. The van der Waals surface area contributed by atoms with Gasteiger partial charge in [-0.15, -0.1) is 0 Å². The van der Waals surface area contributed by atoms with Gasteiger partial charge in [-0.3, -0.25) is 4.72 Å². The average Bonchev–Trinajstić information content (AvgIpc) is 2.48. The minimum Gasteiger partial charge on any atom is -0.313 e. The Labute approximate surface area is 124 Å². The number of nitrogens with one attached hydrogen (secondary N) is 2. The largest absolute Gasteiger partial charge is 0.313 e. The van der Waals surface area contributed by atoms with Crippen LogP contribution in [0, 0.1) is 5.82 Å². The van der Waals surface area contributed by atoms with Crippen molar-refractivity contribution in [3.63, 3.8) is 0 Å². The number of para-hydroxylation sites is 1. The highest BCUT2D eigenvalue weighted by Crippen LogP contribution is 2.19. The number of halogens is 1. The van der Waals surface area contributed by atoms with Gasteiger partial charge in [0.25, 0.3) is 10.0 Å². The summed E-state index contributed by atoms with van der Waals surface area (Å²) in [6, 6.07) is 12.2. The van der Waals surface area contributed by atoms with E-state index in [1.54, 1.807) is 18.2 Å². The van der Waals surface area contributed by atoms with Gasteiger partial charge in [0.1, 0.15) is 5.82 Å². The van der Waals surface area contributed by atoms with Crippen LogP contribution in [0.15, 0.2) is 53.4 Å². The predicted octanol–water partition coefficient (Wildman–Crippen LogP) is 2.74. The standard InChI is InChI=1S/C15H17FN2O2S/c1-2-17-11-12-6-5-7-13(10-12)21(19,20)18-15-9-4-3-8-14(15)16/h3-10,17-18H,2,11H2,1H3. The van der Waals surface area contributed by atoms with E-state index in [0.29, 0.717) is 6.54 Å². The summed E-state index contributed by atoms with van der Waals surface area (Å²) in [5.41, 5.74) is 0.794. The van der Waals surface area contributed by atoms with Gasteiger partial charge in [0, 0.05) is 6.54 Å². The topological polar surface area (TPSA) is 58.2 Å². The quantitative estimate of drug-likeness (QED) is 0.862. The molecule has 2 aromatic rings. The van der Waals surface area contributed by atoms with Crippen LogP contribution in [0.4, 0.5) is 10.1 Å². The molecule has 0 spiro atoms. The molecule has 2 N–H and O–H groups in total. The smallest absolute Gasteiger partial charge is 0.261 e. The molecular formula is C15H17FN2O2S. The van der Waals surface area contributed by atoms with Gasteiger partial charge in [0.2, 0.25) is 0 Å². The van der Waals surface area contributed by atoms with Crippen molar-refractivity contribution in [3.05, 3.63) is 59.9 Å².